The highest BCUT2D eigenvalue weighted by molar-refractivity contribution is 8.20. The smallest absolute Gasteiger partial charge is 0.289 e. The summed E-state index contributed by atoms with van der Waals surface area (Å²) in [7, 11) is 0. The Bertz CT molecular complexity index is 914. The molecular weight excluding hydrogens is 407 g/mol. The zero-order chi connectivity index (χ0) is 20.0. The molecule has 1 spiro atoms. The van der Waals surface area contributed by atoms with E-state index in [-0.39, 0.29) is 15.8 Å². The molecule has 29 heavy (non-hydrogen) atoms. The van der Waals surface area contributed by atoms with Crippen molar-refractivity contribution in [3.8, 4) is 0 Å². The molecule has 0 unspecified atom stereocenters. The molecule has 1 amide bonds. The van der Waals surface area contributed by atoms with Crippen LogP contribution in [0.15, 0.2) is 28.7 Å². The number of carbonyl (C=O) groups is 1. The van der Waals surface area contributed by atoms with E-state index in [0.29, 0.717) is 18.8 Å². The molecule has 154 valence electrons. The van der Waals surface area contributed by atoms with Crippen molar-refractivity contribution in [1.29, 1.82) is 0 Å². The molecule has 1 aliphatic carbocycles. The summed E-state index contributed by atoms with van der Waals surface area (Å²) in [4.78, 5) is 17.4. The van der Waals surface area contributed by atoms with Gasteiger partial charge in [-0.05, 0) is 44.0 Å². The maximum atomic E-state index is 13.3. The molecular formula is C22H25FN2O2S2. The van der Waals surface area contributed by atoms with Gasteiger partial charge < -0.3 is 14.2 Å². The summed E-state index contributed by atoms with van der Waals surface area (Å²) in [6, 6.07) is 6.57. The van der Waals surface area contributed by atoms with Crippen molar-refractivity contribution >= 4 is 35.1 Å². The van der Waals surface area contributed by atoms with Crippen molar-refractivity contribution in [1.82, 2.24) is 4.90 Å². The van der Waals surface area contributed by atoms with Gasteiger partial charge in [0.05, 0.1) is 4.08 Å². The predicted molar refractivity (Wildman–Crippen MR) is 117 cm³/mol. The van der Waals surface area contributed by atoms with Crippen LogP contribution in [0.5, 0.6) is 0 Å². The molecule has 5 rings (SSSR count). The largest absolute Gasteiger partial charge is 0.455 e. The van der Waals surface area contributed by atoms with Crippen molar-refractivity contribution in [2.75, 3.05) is 42.6 Å². The Morgan fingerprint density at radius 2 is 1.79 bits per heavy atom. The summed E-state index contributed by atoms with van der Waals surface area (Å²) in [6.07, 6.45) is 3.23. The van der Waals surface area contributed by atoms with Gasteiger partial charge in [-0.2, -0.15) is 0 Å². The quantitative estimate of drug-likeness (QED) is 0.690. The number of rotatable bonds is 2. The molecule has 7 heteroatoms. The molecule has 1 aromatic heterocycles. The molecule has 3 heterocycles. The van der Waals surface area contributed by atoms with Crippen LogP contribution in [0.2, 0.25) is 0 Å². The molecule has 2 aliphatic heterocycles. The first-order chi connectivity index (χ1) is 14.1. The number of halogens is 1. The summed E-state index contributed by atoms with van der Waals surface area (Å²) in [6.45, 7) is 4.85. The fourth-order valence-corrected chi connectivity index (χ4v) is 8.32. The fourth-order valence-electron chi connectivity index (χ4n) is 4.76. The number of nitrogens with zero attached hydrogens (tertiary/aromatic N) is 2. The fraction of sp³-hybridized carbons (Fsp3) is 0.500. The topological polar surface area (TPSA) is 36.7 Å². The first-order valence-corrected chi connectivity index (χ1v) is 12.2. The van der Waals surface area contributed by atoms with Gasteiger partial charge in [-0.1, -0.05) is 0 Å². The molecule has 3 aliphatic rings. The van der Waals surface area contributed by atoms with Gasteiger partial charge in [0.25, 0.3) is 5.91 Å². The van der Waals surface area contributed by atoms with Crippen LogP contribution in [0.3, 0.4) is 0 Å². The first-order valence-electron chi connectivity index (χ1n) is 10.3. The number of hydrogen-bond donors (Lipinski definition) is 0. The number of furan rings is 1. The van der Waals surface area contributed by atoms with E-state index in [1.165, 1.54) is 35.6 Å². The highest BCUT2D eigenvalue weighted by Crippen LogP contribution is 2.59. The maximum absolute atomic E-state index is 13.3. The van der Waals surface area contributed by atoms with Crippen LogP contribution in [0.4, 0.5) is 10.1 Å². The number of amides is 1. The summed E-state index contributed by atoms with van der Waals surface area (Å²) >= 11 is 4.05. The molecule has 0 N–H and O–H groups in total. The second-order valence-corrected chi connectivity index (χ2v) is 11.0. The Kier molecular flexibility index (Phi) is 5.06. The summed E-state index contributed by atoms with van der Waals surface area (Å²) < 4.78 is 19.5. The van der Waals surface area contributed by atoms with Crippen molar-refractivity contribution < 1.29 is 13.6 Å². The zero-order valence-electron chi connectivity index (χ0n) is 16.6. The van der Waals surface area contributed by atoms with Crippen LogP contribution < -0.4 is 4.90 Å². The standard InChI is InChI=1S/C22H25FN2O2S2/c1-15-19-18(3-2-8-22(19)28-13-14-29-22)27-20(15)21(26)25-11-9-24(10-12-25)17-6-4-16(23)5-7-17/h4-7H,2-3,8-14H2,1H3. The number of benzene rings is 1. The van der Waals surface area contributed by atoms with Crippen LogP contribution in [-0.4, -0.2) is 48.5 Å². The Morgan fingerprint density at radius 1 is 1.10 bits per heavy atom. The van der Waals surface area contributed by atoms with Crippen molar-refractivity contribution in [2.45, 2.75) is 30.3 Å². The lowest BCUT2D eigenvalue weighted by Crippen LogP contribution is -2.48. The molecule has 2 aromatic rings. The van der Waals surface area contributed by atoms with E-state index in [1.807, 2.05) is 28.4 Å². The van der Waals surface area contributed by atoms with Crippen LogP contribution in [0.1, 0.15) is 40.3 Å². The lowest BCUT2D eigenvalue weighted by molar-refractivity contribution is 0.0711. The van der Waals surface area contributed by atoms with Crippen molar-refractivity contribution in [2.24, 2.45) is 0 Å². The molecule has 0 radical (unpaired) electrons. The van der Waals surface area contributed by atoms with Gasteiger partial charge in [-0.25, -0.2) is 4.39 Å². The molecule has 0 atom stereocenters. The molecule has 2 saturated heterocycles. The first kappa shape index (κ1) is 19.4. The number of anilines is 1. The summed E-state index contributed by atoms with van der Waals surface area (Å²) in [5.41, 5.74) is 3.34. The minimum absolute atomic E-state index is 0.0128. The monoisotopic (exact) mass is 432 g/mol. The Hall–Kier alpha value is -1.60. The van der Waals surface area contributed by atoms with Crippen LogP contribution in [0.25, 0.3) is 0 Å². The van der Waals surface area contributed by atoms with Gasteiger partial charge in [-0.15, -0.1) is 23.5 Å². The Morgan fingerprint density at radius 3 is 2.48 bits per heavy atom. The minimum atomic E-state index is -0.226. The van der Waals surface area contributed by atoms with E-state index in [0.717, 1.165) is 42.9 Å². The second kappa shape index (κ2) is 7.58. The molecule has 0 saturated carbocycles. The highest BCUT2D eigenvalue weighted by atomic mass is 32.2. The van der Waals surface area contributed by atoms with Gasteiger partial charge in [0.15, 0.2) is 5.76 Å². The van der Waals surface area contributed by atoms with Crippen molar-refractivity contribution in [3.63, 3.8) is 0 Å². The molecule has 0 bridgehead atoms. The zero-order valence-corrected chi connectivity index (χ0v) is 18.2. The number of hydrogen-bond acceptors (Lipinski definition) is 5. The van der Waals surface area contributed by atoms with E-state index < -0.39 is 0 Å². The SMILES string of the molecule is Cc1c(C(=O)N2CCN(c3ccc(F)cc3)CC2)oc2c1C1(CCC2)SCCS1. The number of aryl methyl sites for hydroxylation is 1. The Labute approximate surface area is 179 Å². The molecule has 1 aromatic carbocycles. The van der Waals surface area contributed by atoms with E-state index in [9.17, 15) is 9.18 Å². The summed E-state index contributed by atoms with van der Waals surface area (Å²) in [5, 5.41) is 0. The number of carbonyl (C=O) groups excluding carboxylic acids is 1. The number of piperazine rings is 1. The van der Waals surface area contributed by atoms with Gasteiger partial charge in [0, 0.05) is 60.9 Å². The average molecular weight is 433 g/mol. The number of fused-ring (bicyclic) bond motifs is 2. The van der Waals surface area contributed by atoms with Crippen LogP contribution in [-0.2, 0) is 10.5 Å². The lowest BCUT2D eigenvalue weighted by Gasteiger charge is -2.35. The number of thioether (sulfide) groups is 2. The van der Waals surface area contributed by atoms with E-state index in [1.54, 1.807) is 12.1 Å². The second-order valence-electron chi connectivity index (χ2n) is 7.91. The average Bonchev–Trinajstić information content (AvgIpc) is 3.34. The highest BCUT2D eigenvalue weighted by Gasteiger charge is 2.45. The van der Waals surface area contributed by atoms with Gasteiger partial charge in [0.2, 0.25) is 0 Å². The minimum Gasteiger partial charge on any atom is -0.455 e. The third kappa shape index (κ3) is 3.36. The molecule has 2 fully saturated rings. The van der Waals surface area contributed by atoms with Crippen molar-refractivity contribution in [3.05, 3.63) is 52.7 Å². The van der Waals surface area contributed by atoms with Crippen LogP contribution in [0, 0.1) is 12.7 Å². The predicted octanol–water partition coefficient (Wildman–Crippen LogP) is 4.66. The molecule has 4 nitrogen and oxygen atoms in total. The lowest BCUT2D eigenvalue weighted by atomic mass is 9.94. The maximum Gasteiger partial charge on any atom is 0.289 e. The third-order valence-corrected chi connectivity index (χ3v) is 9.75. The van der Waals surface area contributed by atoms with Gasteiger partial charge in [-0.3, -0.25) is 4.79 Å². The van der Waals surface area contributed by atoms with E-state index >= 15 is 0 Å². The summed E-state index contributed by atoms with van der Waals surface area (Å²) in [5.74, 6) is 3.70. The Balaban J connectivity index is 1.33. The van der Waals surface area contributed by atoms with E-state index in [2.05, 4.69) is 11.8 Å². The van der Waals surface area contributed by atoms with Gasteiger partial charge >= 0.3 is 0 Å². The normalized spacial score (nSPS) is 20.9. The van der Waals surface area contributed by atoms with Crippen LogP contribution >= 0.6 is 23.5 Å². The van der Waals surface area contributed by atoms with Gasteiger partial charge in [0.1, 0.15) is 11.6 Å². The third-order valence-electron chi connectivity index (χ3n) is 6.22. The van der Waals surface area contributed by atoms with E-state index in [4.69, 9.17) is 4.42 Å².